The van der Waals surface area contributed by atoms with Crippen LogP contribution in [0.1, 0.15) is 73.1 Å². The monoisotopic (exact) mass is 472 g/mol. The maximum Gasteiger partial charge on any atom is 0.186 e. The molecule has 34 heavy (non-hydrogen) atoms. The molecule has 3 saturated heterocycles. The highest BCUT2D eigenvalue weighted by Gasteiger charge is 2.78. The van der Waals surface area contributed by atoms with Crippen molar-refractivity contribution in [1.82, 2.24) is 0 Å². The molecular weight excluding hydrogens is 432 g/mol. The van der Waals surface area contributed by atoms with Gasteiger partial charge >= 0.3 is 0 Å². The number of hydrogen-bond donors (Lipinski definition) is 2. The van der Waals surface area contributed by atoms with Crippen molar-refractivity contribution in [1.29, 1.82) is 0 Å². The zero-order valence-corrected chi connectivity index (χ0v) is 21.1. The molecule has 188 valence electrons. The Balaban J connectivity index is 1.18. The van der Waals surface area contributed by atoms with Gasteiger partial charge in [-0.05, 0) is 94.0 Å². The largest absolute Gasteiger partial charge is 0.386 e. The van der Waals surface area contributed by atoms with E-state index >= 15 is 0 Å². The Hall–Kier alpha value is -0.790. The minimum atomic E-state index is -1.07. The number of allylic oxidation sites excluding steroid dienone is 1. The molecule has 3 heterocycles. The van der Waals surface area contributed by atoms with E-state index in [1.54, 1.807) is 6.08 Å². The number of carbonyl (C=O) groups is 1. The van der Waals surface area contributed by atoms with E-state index in [4.69, 9.17) is 14.2 Å². The summed E-state index contributed by atoms with van der Waals surface area (Å²) >= 11 is 0. The Morgan fingerprint density at radius 1 is 1.09 bits per heavy atom. The number of aliphatic hydroxyl groups excluding tert-OH is 1. The highest BCUT2D eigenvalue weighted by atomic mass is 16.7. The van der Waals surface area contributed by atoms with Crippen molar-refractivity contribution in [2.24, 2.45) is 40.4 Å². The van der Waals surface area contributed by atoms with Crippen LogP contribution >= 0.6 is 0 Å². The van der Waals surface area contributed by atoms with Gasteiger partial charge in [-0.2, -0.15) is 0 Å². The van der Waals surface area contributed by atoms with E-state index in [1.165, 1.54) is 0 Å². The molecule has 7 aliphatic rings. The number of carbonyl (C=O) groups excluding carboxylic acids is 1. The maximum absolute atomic E-state index is 13.3. The SMILES string of the molecule is CC(C1CC2(C)OC2(C)C(O)O1)C1CCC2C3C4OC4C4(O)CC=CC(=O)C4(C)C3CCC12C. The third kappa shape index (κ3) is 2.35. The Morgan fingerprint density at radius 3 is 2.59 bits per heavy atom. The molecule has 2 N–H and O–H groups in total. The third-order valence-corrected chi connectivity index (χ3v) is 12.7. The molecule has 4 aliphatic carbocycles. The van der Waals surface area contributed by atoms with Crippen LogP contribution in [0.4, 0.5) is 0 Å². The molecule has 0 radical (unpaired) electrons. The molecule has 6 fully saturated rings. The molecule has 14 atom stereocenters. The van der Waals surface area contributed by atoms with Gasteiger partial charge in [0.05, 0.1) is 17.6 Å². The molecule has 0 aromatic rings. The Morgan fingerprint density at radius 2 is 1.85 bits per heavy atom. The topological polar surface area (TPSA) is 91.8 Å². The zero-order valence-electron chi connectivity index (χ0n) is 21.1. The summed E-state index contributed by atoms with van der Waals surface area (Å²) in [6.45, 7) is 10.8. The normalized spacial score (nSPS) is 64.3. The van der Waals surface area contributed by atoms with Crippen molar-refractivity contribution in [2.45, 2.75) is 115 Å². The second-order valence-electron chi connectivity index (χ2n) is 13.7. The molecule has 0 aromatic heterocycles. The summed E-state index contributed by atoms with van der Waals surface area (Å²) in [5.74, 6) is 1.88. The van der Waals surface area contributed by atoms with Crippen molar-refractivity contribution < 1.29 is 29.2 Å². The number of ether oxygens (including phenoxy) is 3. The average molecular weight is 473 g/mol. The van der Waals surface area contributed by atoms with Crippen molar-refractivity contribution in [2.75, 3.05) is 0 Å². The van der Waals surface area contributed by atoms with Gasteiger partial charge in [-0.15, -0.1) is 0 Å². The van der Waals surface area contributed by atoms with Gasteiger partial charge in [0.25, 0.3) is 0 Å². The van der Waals surface area contributed by atoms with Crippen LogP contribution in [0.5, 0.6) is 0 Å². The first-order valence-corrected chi connectivity index (χ1v) is 13.5. The summed E-state index contributed by atoms with van der Waals surface area (Å²) in [5, 5.41) is 22.4. The molecule has 6 nitrogen and oxygen atoms in total. The first-order chi connectivity index (χ1) is 15.9. The predicted molar refractivity (Wildman–Crippen MR) is 124 cm³/mol. The van der Waals surface area contributed by atoms with Crippen LogP contribution in [0, 0.1) is 40.4 Å². The van der Waals surface area contributed by atoms with E-state index in [0.717, 1.165) is 32.1 Å². The molecule has 6 heteroatoms. The number of rotatable bonds is 2. The van der Waals surface area contributed by atoms with Crippen LogP contribution in [0.2, 0.25) is 0 Å². The van der Waals surface area contributed by atoms with Gasteiger partial charge in [-0.3, -0.25) is 4.79 Å². The fourth-order valence-electron chi connectivity index (χ4n) is 10.2. The van der Waals surface area contributed by atoms with Gasteiger partial charge in [-0.1, -0.05) is 19.9 Å². The maximum atomic E-state index is 13.3. The van der Waals surface area contributed by atoms with Gasteiger partial charge in [0, 0.05) is 6.42 Å². The van der Waals surface area contributed by atoms with E-state index in [2.05, 4.69) is 20.8 Å². The second-order valence-corrected chi connectivity index (χ2v) is 13.7. The summed E-state index contributed by atoms with van der Waals surface area (Å²) in [7, 11) is 0. The quantitative estimate of drug-likeness (QED) is 0.599. The Bertz CT molecular complexity index is 980. The van der Waals surface area contributed by atoms with E-state index in [-0.39, 0.29) is 41.0 Å². The van der Waals surface area contributed by atoms with Crippen LogP contribution in [0.15, 0.2) is 12.2 Å². The van der Waals surface area contributed by atoms with E-state index < -0.39 is 22.9 Å². The van der Waals surface area contributed by atoms with Gasteiger partial charge < -0.3 is 24.4 Å². The van der Waals surface area contributed by atoms with E-state index in [9.17, 15) is 15.0 Å². The van der Waals surface area contributed by atoms with Gasteiger partial charge in [0.15, 0.2) is 12.1 Å². The lowest BCUT2D eigenvalue weighted by atomic mass is 9.43. The number of hydrogen-bond acceptors (Lipinski definition) is 6. The molecule has 0 bridgehead atoms. The van der Waals surface area contributed by atoms with Crippen LogP contribution < -0.4 is 0 Å². The summed E-state index contributed by atoms with van der Waals surface area (Å²) in [4.78, 5) is 13.3. The lowest BCUT2D eigenvalue weighted by Crippen LogP contribution is -2.67. The molecule has 0 spiro atoms. The summed E-state index contributed by atoms with van der Waals surface area (Å²) in [6, 6.07) is 0. The number of epoxide rings is 2. The lowest BCUT2D eigenvalue weighted by molar-refractivity contribution is -0.205. The third-order valence-electron chi connectivity index (χ3n) is 12.7. The zero-order chi connectivity index (χ0) is 24.1. The molecular formula is C28H40O6. The first kappa shape index (κ1) is 22.4. The van der Waals surface area contributed by atoms with Crippen LogP contribution in [0.3, 0.4) is 0 Å². The molecule has 0 aromatic carbocycles. The van der Waals surface area contributed by atoms with Crippen molar-refractivity contribution in [3.63, 3.8) is 0 Å². The van der Waals surface area contributed by atoms with Crippen LogP contribution in [0.25, 0.3) is 0 Å². The number of fused-ring (bicyclic) bond motifs is 9. The van der Waals surface area contributed by atoms with Gasteiger partial charge in [0.2, 0.25) is 0 Å². The summed E-state index contributed by atoms with van der Waals surface area (Å²) < 4.78 is 18.4. The molecule has 3 saturated carbocycles. The van der Waals surface area contributed by atoms with Crippen LogP contribution in [-0.4, -0.2) is 57.4 Å². The highest BCUT2D eigenvalue weighted by Crippen LogP contribution is 2.72. The average Bonchev–Trinajstić information content (AvgIpc) is 3.64. The predicted octanol–water partition coefficient (Wildman–Crippen LogP) is 3.38. The number of ketones is 1. The minimum Gasteiger partial charge on any atom is -0.386 e. The second kappa shape index (κ2) is 6.36. The summed E-state index contributed by atoms with van der Waals surface area (Å²) in [5.41, 5.74) is -2.55. The molecule has 0 amide bonds. The van der Waals surface area contributed by atoms with Crippen LogP contribution in [-0.2, 0) is 19.0 Å². The standard InChI is InChI=1S/C28H40O6/c1-14(18-13-25(3)27(5,34-25)23(30)32-18)15-8-9-16-20-17(10-12-24(15,16)2)26(4)19(29)7-6-11-28(26,31)22-21(20)33-22/h6-7,14-18,20-23,30-31H,8-13H2,1-5H3. The first-order valence-electron chi connectivity index (χ1n) is 13.5. The van der Waals surface area contributed by atoms with Crippen molar-refractivity contribution >= 4 is 5.78 Å². The lowest BCUT2D eigenvalue weighted by Gasteiger charge is -2.60. The Kier molecular flexibility index (Phi) is 4.20. The smallest absolute Gasteiger partial charge is 0.186 e. The fraction of sp³-hybridized carbons (Fsp3) is 0.893. The molecule has 7 rings (SSSR count). The molecule has 14 unspecified atom stereocenters. The molecule has 3 aliphatic heterocycles. The van der Waals surface area contributed by atoms with E-state index in [1.807, 2.05) is 19.9 Å². The minimum absolute atomic E-state index is 0.0159. The van der Waals surface area contributed by atoms with Crippen molar-refractivity contribution in [3.05, 3.63) is 12.2 Å². The highest BCUT2D eigenvalue weighted by molar-refractivity contribution is 5.97. The summed E-state index contributed by atoms with van der Waals surface area (Å²) in [6.07, 6.45) is 8.17. The van der Waals surface area contributed by atoms with Gasteiger partial charge in [0.1, 0.15) is 22.9 Å². The fourth-order valence-corrected chi connectivity index (χ4v) is 10.2. The van der Waals surface area contributed by atoms with Crippen molar-refractivity contribution in [3.8, 4) is 0 Å². The Labute approximate surface area is 202 Å². The number of aliphatic hydroxyl groups is 2. The van der Waals surface area contributed by atoms with Gasteiger partial charge in [-0.25, -0.2) is 0 Å². The van der Waals surface area contributed by atoms with E-state index in [0.29, 0.717) is 30.1 Å².